The molecule has 20 heteroatoms. The quantitative estimate of drug-likeness (QED) is 0.0741. The van der Waals surface area contributed by atoms with Gasteiger partial charge in [0, 0.05) is 23.0 Å². The smallest absolute Gasteiger partial charge is 0.352 e. The summed E-state index contributed by atoms with van der Waals surface area (Å²) >= 11 is 3.25. The van der Waals surface area contributed by atoms with Gasteiger partial charge in [-0.05, 0) is 16.0 Å². The second-order valence-electron chi connectivity index (χ2n) is 7.40. The highest BCUT2D eigenvalue weighted by Gasteiger charge is 2.54. The summed E-state index contributed by atoms with van der Waals surface area (Å²) < 4.78 is 5.37. The summed E-state index contributed by atoms with van der Waals surface area (Å²) in [7, 11) is 0. The molecule has 0 radical (unpaired) electrons. The molecule has 0 spiro atoms. The van der Waals surface area contributed by atoms with Crippen molar-refractivity contribution in [2.75, 3.05) is 23.8 Å². The van der Waals surface area contributed by atoms with Gasteiger partial charge in [0.05, 0.1) is 6.54 Å². The summed E-state index contributed by atoms with van der Waals surface area (Å²) in [6.45, 7) is 3.17. The fourth-order valence-electron chi connectivity index (χ4n) is 3.36. The Hall–Kier alpha value is -4.04. The number of rotatable bonds is 12. The molecular formula is C18H18N10O7S3. The van der Waals surface area contributed by atoms with Crippen molar-refractivity contribution in [3.63, 3.8) is 0 Å². The molecule has 1 unspecified atom stereocenters. The minimum atomic E-state index is -1.33. The molecule has 1 saturated heterocycles. The number of carboxylic acids is 2. The number of anilines is 1. The number of hydrogen-bond donors (Lipinski definition) is 4. The van der Waals surface area contributed by atoms with Crippen LogP contribution in [0.1, 0.15) is 5.82 Å². The molecule has 17 nitrogen and oxygen atoms in total. The van der Waals surface area contributed by atoms with E-state index < -0.39 is 47.5 Å². The zero-order valence-electron chi connectivity index (χ0n) is 19.1. The van der Waals surface area contributed by atoms with Crippen LogP contribution in [0.5, 0.6) is 0 Å². The van der Waals surface area contributed by atoms with Gasteiger partial charge in [0.2, 0.25) is 23.3 Å². The number of thioether (sulfide) groups is 2. The number of nitrogen functional groups attached to an aromatic ring is 1. The molecule has 2 aromatic rings. The first-order valence-corrected chi connectivity index (χ1v) is 13.2. The van der Waals surface area contributed by atoms with Crippen LogP contribution >= 0.6 is 35.1 Å². The van der Waals surface area contributed by atoms with Gasteiger partial charge in [-0.15, -0.1) is 23.4 Å². The highest BCUT2D eigenvalue weighted by Crippen LogP contribution is 2.41. The molecular weight excluding hydrogens is 564 g/mol. The Morgan fingerprint density at radius 3 is 2.82 bits per heavy atom. The Morgan fingerprint density at radius 1 is 1.37 bits per heavy atom. The lowest BCUT2D eigenvalue weighted by molar-refractivity contribution is -0.150. The van der Waals surface area contributed by atoms with Gasteiger partial charge in [-0.2, -0.15) is 9.36 Å². The van der Waals surface area contributed by atoms with Gasteiger partial charge in [-0.3, -0.25) is 14.5 Å². The van der Waals surface area contributed by atoms with E-state index in [1.54, 1.807) is 6.08 Å². The number of oxime groups is 1. The van der Waals surface area contributed by atoms with Gasteiger partial charge < -0.3 is 26.1 Å². The van der Waals surface area contributed by atoms with Crippen LogP contribution < -0.4 is 11.1 Å². The third-order valence-electron chi connectivity index (χ3n) is 4.93. The van der Waals surface area contributed by atoms with E-state index in [2.05, 4.69) is 46.8 Å². The number of amides is 2. The number of carboxylic acid groups (broad SMARTS) is 2. The first-order valence-electron chi connectivity index (χ1n) is 10.4. The van der Waals surface area contributed by atoms with Gasteiger partial charge in [-0.25, -0.2) is 14.3 Å². The maximum Gasteiger partial charge on any atom is 0.352 e. The lowest BCUT2D eigenvalue weighted by Crippen LogP contribution is -2.71. The summed E-state index contributed by atoms with van der Waals surface area (Å²) in [5.74, 6) is -3.94. The van der Waals surface area contributed by atoms with Crippen molar-refractivity contribution in [3.05, 3.63) is 29.7 Å². The summed E-state index contributed by atoms with van der Waals surface area (Å²) in [4.78, 5) is 58.3. The molecule has 0 aliphatic carbocycles. The Morgan fingerprint density at radius 2 is 2.16 bits per heavy atom. The molecule has 4 heterocycles. The molecule has 0 aromatic carbocycles. The van der Waals surface area contributed by atoms with E-state index in [1.165, 1.54) is 28.2 Å². The predicted molar refractivity (Wildman–Crippen MR) is 133 cm³/mol. The van der Waals surface area contributed by atoms with E-state index in [0.29, 0.717) is 17.3 Å². The standard InChI is InChI=1S/C18H18N10O7S3/c1-2-3-27-18(22-25-26-27)37-6-7-5-36-15-10(14(32)28(15)11(7)16(33)34)20-13(31)9(23-35-4-8(29)30)12-21-17(19)38-24-12/h2,10,15H,1,3-6H2,(H,20,31)(H,29,30)(H,33,34)(H2,19,21,24)/t10?,15-/m1/s1. The van der Waals surface area contributed by atoms with Gasteiger partial charge in [0.1, 0.15) is 17.1 Å². The van der Waals surface area contributed by atoms with Gasteiger partial charge in [0.25, 0.3) is 11.8 Å². The number of carbonyl (C=O) groups is 4. The molecule has 0 saturated carbocycles. The lowest BCUT2D eigenvalue weighted by Gasteiger charge is -2.49. The largest absolute Gasteiger partial charge is 0.479 e. The number of nitrogens with two attached hydrogens (primary N) is 1. The zero-order valence-corrected chi connectivity index (χ0v) is 21.5. The Labute approximate surface area is 225 Å². The van der Waals surface area contributed by atoms with Crippen LogP contribution in [0.3, 0.4) is 0 Å². The maximum absolute atomic E-state index is 13.0. The van der Waals surface area contributed by atoms with Crippen LogP contribution in [0.2, 0.25) is 0 Å². The molecule has 0 bridgehead atoms. The van der Waals surface area contributed by atoms with E-state index >= 15 is 0 Å². The highest BCUT2D eigenvalue weighted by atomic mass is 32.2. The minimum Gasteiger partial charge on any atom is -0.479 e. The fourth-order valence-corrected chi connectivity index (χ4v) is 6.17. The van der Waals surface area contributed by atoms with Crippen LogP contribution in [0, 0.1) is 0 Å². The number of β-lactam (4-membered cyclic amide) rings is 1. The van der Waals surface area contributed by atoms with Gasteiger partial charge in [0.15, 0.2) is 5.13 Å². The van der Waals surface area contributed by atoms with Crippen molar-refractivity contribution >= 4 is 69.7 Å². The number of nitrogens with zero attached hydrogens (tertiary/aromatic N) is 8. The van der Waals surface area contributed by atoms with Crippen LogP contribution in [-0.4, -0.2) is 104 Å². The number of carbonyl (C=O) groups excluding carboxylic acids is 2. The van der Waals surface area contributed by atoms with Crippen molar-refractivity contribution in [1.29, 1.82) is 0 Å². The molecule has 2 aromatic heterocycles. The maximum atomic E-state index is 13.0. The van der Waals surface area contributed by atoms with Gasteiger partial charge >= 0.3 is 11.9 Å². The second kappa shape index (κ2) is 11.6. The molecule has 2 amide bonds. The summed E-state index contributed by atoms with van der Waals surface area (Å²) in [5.41, 5.74) is 5.38. The fraction of sp³-hybridized carbons (Fsp3) is 0.333. The van der Waals surface area contributed by atoms with Crippen molar-refractivity contribution in [3.8, 4) is 0 Å². The SMILES string of the molecule is C=CCn1nnnc1SCC1=C(C(=O)O)N2C(=O)C(NC(=O)C(=NOCC(=O)O)c3nsc(N)n3)[C@H]2SC1. The Bertz CT molecular complexity index is 1360. The topological polar surface area (TPSA) is 241 Å². The van der Waals surface area contributed by atoms with Crippen LogP contribution in [0.15, 0.2) is 34.2 Å². The van der Waals surface area contributed by atoms with E-state index in [0.717, 1.165) is 16.4 Å². The van der Waals surface area contributed by atoms with Crippen LogP contribution in [-0.2, 0) is 30.6 Å². The van der Waals surface area contributed by atoms with E-state index in [9.17, 15) is 24.3 Å². The number of tetrazole rings is 1. The molecule has 2 aliphatic rings. The normalized spacial score (nSPS) is 19.0. The van der Waals surface area contributed by atoms with Crippen molar-refractivity contribution in [2.45, 2.75) is 23.1 Å². The minimum absolute atomic E-state index is 0.0210. The van der Waals surface area contributed by atoms with Crippen LogP contribution in [0.25, 0.3) is 0 Å². The lowest BCUT2D eigenvalue weighted by atomic mass is 10.0. The number of allylic oxidation sites excluding steroid dienone is 1. The predicted octanol–water partition coefficient (Wildman–Crippen LogP) is -1.37. The van der Waals surface area contributed by atoms with Crippen LogP contribution in [0.4, 0.5) is 5.13 Å². The first-order chi connectivity index (χ1) is 18.2. The average molecular weight is 583 g/mol. The molecule has 5 N–H and O–H groups in total. The second-order valence-corrected chi connectivity index (χ2v) is 10.2. The van der Waals surface area contributed by atoms with Crippen molar-refractivity contribution in [1.82, 2.24) is 39.8 Å². The summed E-state index contributed by atoms with van der Waals surface area (Å²) in [6, 6.07) is -1.09. The molecule has 38 heavy (non-hydrogen) atoms. The molecule has 2 atom stereocenters. The third-order valence-corrected chi connectivity index (χ3v) is 7.85. The average Bonchev–Trinajstić information content (AvgIpc) is 3.51. The Balaban J connectivity index is 1.49. The molecule has 200 valence electrons. The Kier molecular flexibility index (Phi) is 8.22. The number of aliphatic carboxylic acids is 2. The van der Waals surface area contributed by atoms with E-state index in [1.807, 2.05) is 0 Å². The first kappa shape index (κ1) is 27.0. The van der Waals surface area contributed by atoms with E-state index in [-0.39, 0.29) is 28.2 Å². The summed E-state index contributed by atoms with van der Waals surface area (Å²) in [5, 5.41) is 35.7. The molecule has 1 fully saturated rings. The zero-order chi connectivity index (χ0) is 27.4. The number of fused-ring (bicyclic) bond motifs is 1. The number of nitrogens with one attached hydrogen (secondary N) is 1. The number of hydrogen-bond acceptors (Lipinski definition) is 15. The third kappa shape index (κ3) is 5.60. The van der Waals surface area contributed by atoms with Crippen molar-refractivity contribution < 1.29 is 34.2 Å². The molecule has 2 aliphatic heterocycles. The molecule has 4 rings (SSSR count). The summed E-state index contributed by atoms with van der Waals surface area (Å²) in [6.07, 6.45) is 1.62. The highest BCUT2D eigenvalue weighted by molar-refractivity contribution is 8.01. The van der Waals surface area contributed by atoms with Crippen molar-refractivity contribution in [2.24, 2.45) is 5.16 Å². The number of aromatic nitrogens is 6. The van der Waals surface area contributed by atoms with E-state index in [4.69, 9.17) is 10.8 Å². The monoisotopic (exact) mass is 582 g/mol. The van der Waals surface area contributed by atoms with Gasteiger partial charge in [-0.1, -0.05) is 23.0 Å².